The van der Waals surface area contributed by atoms with Crippen molar-refractivity contribution >= 4 is 23.0 Å². The first kappa shape index (κ1) is 20.6. The number of amides is 1. The average Bonchev–Trinajstić information content (AvgIpc) is 2.70. The number of anilines is 1. The number of rotatable bonds is 9. The number of nitrogens with one attached hydrogen (secondary N) is 1. The zero-order chi connectivity index (χ0) is 19.6. The summed E-state index contributed by atoms with van der Waals surface area (Å²) in [5, 5.41) is 11.5. The van der Waals surface area contributed by atoms with Crippen LogP contribution < -0.4 is 10.2 Å². The molecule has 0 radical (unpaired) electrons. The lowest BCUT2D eigenvalue weighted by Crippen LogP contribution is -2.34. The molecule has 2 aromatic carbocycles. The molecule has 0 bridgehead atoms. The van der Waals surface area contributed by atoms with E-state index in [9.17, 15) is 4.79 Å². The van der Waals surface area contributed by atoms with Crippen molar-refractivity contribution in [2.75, 3.05) is 45.2 Å². The van der Waals surface area contributed by atoms with Gasteiger partial charge < -0.3 is 15.1 Å². The van der Waals surface area contributed by atoms with E-state index in [0.29, 0.717) is 17.8 Å². The van der Waals surface area contributed by atoms with Crippen LogP contribution in [0.3, 0.4) is 0 Å². The first-order valence-corrected chi connectivity index (χ1v) is 9.33. The number of hydrogen-bond donors (Lipinski definition) is 1. The summed E-state index contributed by atoms with van der Waals surface area (Å²) < 4.78 is 0. The lowest BCUT2D eigenvalue weighted by Gasteiger charge is -2.17. The Morgan fingerprint density at radius 2 is 1.63 bits per heavy atom. The Morgan fingerprint density at radius 3 is 2.26 bits per heavy atom. The molecule has 6 nitrogen and oxygen atoms in total. The van der Waals surface area contributed by atoms with Crippen LogP contribution in [0.15, 0.2) is 58.8 Å². The Hall–Kier alpha value is -2.73. The van der Waals surface area contributed by atoms with Crippen LogP contribution in [-0.2, 0) is 0 Å². The third-order valence-electron chi connectivity index (χ3n) is 4.36. The van der Waals surface area contributed by atoms with Gasteiger partial charge in [-0.05, 0) is 55.6 Å². The minimum Gasteiger partial charge on any atom is -0.378 e. The number of carbonyl (C=O) groups is 1. The van der Waals surface area contributed by atoms with E-state index in [4.69, 9.17) is 0 Å². The van der Waals surface area contributed by atoms with Crippen molar-refractivity contribution < 1.29 is 4.79 Å². The van der Waals surface area contributed by atoms with Gasteiger partial charge in [0.1, 0.15) is 0 Å². The van der Waals surface area contributed by atoms with Crippen molar-refractivity contribution in [2.45, 2.75) is 13.8 Å². The molecule has 144 valence electrons. The summed E-state index contributed by atoms with van der Waals surface area (Å²) >= 11 is 0. The number of carbonyl (C=O) groups excluding carboxylic acids is 1. The van der Waals surface area contributed by atoms with Gasteiger partial charge in [-0.15, -0.1) is 0 Å². The van der Waals surface area contributed by atoms with E-state index in [-0.39, 0.29) is 5.91 Å². The molecular weight excluding hydrogens is 338 g/mol. The predicted octanol–water partition coefficient (Wildman–Crippen LogP) is 4.24. The minimum atomic E-state index is -0.0884. The van der Waals surface area contributed by atoms with Gasteiger partial charge in [-0.2, -0.15) is 10.2 Å². The molecular formula is C21H29N5O. The molecule has 0 atom stereocenters. The number of azo groups is 1. The van der Waals surface area contributed by atoms with E-state index in [0.717, 1.165) is 31.0 Å². The Labute approximate surface area is 161 Å². The molecule has 27 heavy (non-hydrogen) atoms. The van der Waals surface area contributed by atoms with Gasteiger partial charge in [0.25, 0.3) is 5.91 Å². The summed E-state index contributed by atoms with van der Waals surface area (Å²) in [4.78, 5) is 16.6. The molecule has 1 N–H and O–H groups in total. The number of likely N-dealkylation sites (N-methyl/N-ethyl adjacent to an activating group) is 1. The Balaban J connectivity index is 1.96. The molecule has 0 aliphatic rings. The quantitative estimate of drug-likeness (QED) is 0.674. The lowest BCUT2D eigenvalue weighted by molar-refractivity contribution is 0.0949. The third-order valence-corrected chi connectivity index (χ3v) is 4.36. The van der Waals surface area contributed by atoms with Crippen LogP contribution in [0.25, 0.3) is 0 Å². The number of nitrogens with zero attached hydrogens (tertiary/aromatic N) is 4. The van der Waals surface area contributed by atoms with Crippen LogP contribution in [0.5, 0.6) is 0 Å². The Kier molecular flexibility index (Phi) is 7.95. The maximum atomic E-state index is 12.3. The second-order valence-corrected chi connectivity index (χ2v) is 6.44. The van der Waals surface area contributed by atoms with Gasteiger partial charge in [0, 0.05) is 38.4 Å². The molecule has 0 aromatic heterocycles. The van der Waals surface area contributed by atoms with Crippen LogP contribution in [0.2, 0.25) is 0 Å². The van der Waals surface area contributed by atoms with Crippen molar-refractivity contribution in [2.24, 2.45) is 10.2 Å². The summed E-state index contributed by atoms with van der Waals surface area (Å²) in [6.07, 6.45) is 0. The highest BCUT2D eigenvalue weighted by atomic mass is 16.1. The van der Waals surface area contributed by atoms with Gasteiger partial charge in [0.15, 0.2) is 0 Å². The molecule has 0 heterocycles. The summed E-state index contributed by atoms with van der Waals surface area (Å²) in [6, 6.07) is 15.0. The highest BCUT2D eigenvalue weighted by Crippen LogP contribution is 2.21. The molecule has 2 rings (SSSR count). The van der Waals surface area contributed by atoms with Gasteiger partial charge in [0.05, 0.1) is 11.4 Å². The summed E-state index contributed by atoms with van der Waals surface area (Å²) in [7, 11) is 3.99. The molecule has 0 saturated heterocycles. The van der Waals surface area contributed by atoms with E-state index in [1.165, 1.54) is 0 Å². The summed E-state index contributed by atoms with van der Waals surface area (Å²) in [5.74, 6) is -0.0884. The SMILES string of the molecule is CCN(CC)CCNC(=O)c1cccc(N=Nc2ccc(N(C)C)cc2)c1. The van der Waals surface area contributed by atoms with Crippen LogP contribution >= 0.6 is 0 Å². The van der Waals surface area contributed by atoms with E-state index >= 15 is 0 Å². The second-order valence-electron chi connectivity index (χ2n) is 6.44. The molecule has 2 aromatic rings. The largest absolute Gasteiger partial charge is 0.378 e. The molecule has 0 spiro atoms. The first-order chi connectivity index (χ1) is 13.0. The zero-order valence-electron chi connectivity index (χ0n) is 16.6. The molecule has 0 unspecified atom stereocenters. The molecule has 1 amide bonds. The molecule has 6 heteroatoms. The fourth-order valence-corrected chi connectivity index (χ4v) is 2.61. The standard InChI is InChI=1S/C21H29N5O/c1-5-26(6-2)15-14-22-21(27)17-8-7-9-19(16-17)24-23-18-10-12-20(13-11-18)25(3)4/h7-13,16H,5-6,14-15H2,1-4H3,(H,22,27). The lowest BCUT2D eigenvalue weighted by atomic mass is 10.2. The molecule has 0 aliphatic carbocycles. The predicted molar refractivity (Wildman–Crippen MR) is 112 cm³/mol. The van der Waals surface area contributed by atoms with Crippen LogP contribution in [0.4, 0.5) is 17.1 Å². The zero-order valence-corrected chi connectivity index (χ0v) is 16.6. The van der Waals surface area contributed by atoms with E-state index in [2.05, 4.69) is 34.3 Å². The Bertz CT molecular complexity index is 751. The highest BCUT2D eigenvalue weighted by molar-refractivity contribution is 5.94. The van der Waals surface area contributed by atoms with E-state index in [1.54, 1.807) is 12.1 Å². The Morgan fingerprint density at radius 1 is 0.963 bits per heavy atom. The average molecular weight is 367 g/mol. The van der Waals surface area contributed by atoms with Gasteiger partial charge in [-0.3, -0.25) is 4.79 Å². The number of benzene rings is 2. The molecule has 0 aliphatic heterocycles. The van der Waals surface area contributed by atoms with Gasteiger partial charge in [0.2, 0.25) is 0 Å². The van der Waals surface area contributed by atoms with Crippen molar-refractivity contribution in [1.29, 1.82) is 0 Å². The number of hydrogen-bond acceptors (Lipinski definition) is 5. The fourth-order valence-electron chi connectivity index (χ4n) is 2.61. The highest BCUT2D eigenvalue weighted by Gasteiger charge is 2.06. The minimum absolute atomic E-state index is 0.0884. The van der Waals surface area contributed by atoms with Gasteiger partial charge in [-0.1, -0.05) is 19.9 Å². The van der Waals surface area contributed by atoms with Crippen LogP contribution in [0.1, 0.15) is 24.2 Å². The second kappa shape index (κ2) is 10.4. The molecule has 0 fully saturated rings. The van der Waals surface area contributed by atoms with Crippen LogP contribution in [0, 0.1) is 0 Å². The molecule has 0 saturated carbocycles. The van der Waals surface area contributed by atoms with E-state index < -0.39 is 0 Å². The van der Waals surface area contributed by atoms with Gasteiger partial charge in [-0.25, -0.2) is 0 Å². The monoisotopic (exact) mass is 367 g/mol. The van der Waals surface area contributed by atoms with Crippen molar-refractivity contribution in [1.82, 2.24) is 10.2 Å². The summed E-state index contributed by atoms with van der Waals surface area (Å²) in [6.45, 7) is 7.68. The topological polar surface area (TPSA) is 60.3 Å². The normalized spacial score (nSPS) is 11.1. The maximum Gasteiger partial charge on any atom is 0.251 e. The van der Waals surface area contributed by atoms with E-state index in [1.807, 2.05) is 55.4 Å². The van der Waals surface area contributed by atoms with Crippen molar-refractivity contribution in [3.05, 3.63) is 54.1 Å². The third kappa shape index (κ3) is 6.49. The smallest absolute Gasteiger partial charge is 0.251 e. The first-order valence-electron chi connectivity index (χ1n) is 9.33. The van der Waals surface area contributed by atoms with Crippen LogP contribution in [-0.4, -0.2) is 51.1 Å². The maximum absolute atomic E-state index is 12.3. The fraction of sp³-hybridized carbons (Fsp3) is 0.381. The summed E-state index contributed by atoms with van der Waals surface area (Å²) in [5.41, 5.74) is 3.13. The van der Waals surface area contributed by atoms with Crippen molar-refractivity contribution in [3.8, 4) is 0 Å². The van der Waals surface area contributed by atoms with Crippen molar-refractivity contribution in [3.63, 3.8) is 0 Å². The van der Waals surface area contributed by atoms with Gasteiger partial charge >= 0.3 is 0 Å².